The van der Waals surface area contributed by atoms with Gasteiger partial charge in [0.05, 0.1) is 17.6 Å². The largest absolute Gasteiger partial charge is 0.399 e. The Morgan fingerprint density at radius 3 is 2.50 bits per heavy atom. The van der Waals surface area contributed by atoms with Crippen molar-refractivity contribution in [2.24, 2.45) is 0 Å². The second-order valence-electron chi connectivity index (χ2n) is 4.91. The molecule has 0 aliphatic heterocycles. The molecule has 108 valence electrons. The number of aromatic nitrogens is 2. The van der Waals surface area contributed by atoms with Gasteiger partial charge < -0.3 is 5.73 Å². The number of rotatable bonds is 5. The van der Waals surface area contributed by atoms with Gasteiger partial charge in [-0.2, -0.15) is 5.10 Å². The maximum absolute atomic E-state index is 12.1. The summed E-state index contributed by atoms with van der Waals surface area (Å²) in [6.07, 6.45) is 3.17. The van der Waals surface area contributed by atoms with Crippen molar-refractivity contribution in [3.63, 3.8) is 0 Å². The van der Waals surface area contributed by atoms with E-state index in [-0.39, 0.29) is 11.8 Å². The van der Waals surface area contributed by atoms with Gasteiger partial charge in [0.2, 0.25) is 10.0 Å². The van der Waals surface area contributed by atoms with E-state index in [1.165, 1.54) is 6.20 Å². The van der Waals surface area contributed by atoms with Crippen molar-refractivity contribution < 1.29 is 8.42 Å². The molecule has 1 aromatic heterocycles. The van der Waals surface area contributed by atoms with Crippen LogP contribution in [-0.4, -0.2) is 18.2 Å². The van der Waals surface area contributed by atoms with Crippen LogP contribution in [0.5, 0.6) is 0 Å². The molecule has 1 aromatic carbocycles. The van der Waals surface area contributed by atoms with E-state index in [4.69, 9.17) is 5.73 Å². The second kappa shape index (κ2) is 5.54. The first kappa shape index (κ1) is 14.4. The minimum atomic E-state index is -3.46. The molecule has 0 aliphatic carbocycles. The first-order valence-electron chi connectivity index (χ1n) is 6.25. The Balaban J connectivity index is 2.08. The van der Waals surface area contributed by atoms with E-state index >= 15 is 0 Å². The molecule has 0 saturated heterocycles. The molecule has 7 heteroatoms. The molecule has 0 radical (unpaired) electrons. The molecule has 0 atom stereocenters. The van der Waals surface area contributed by atoms with Crippen LogP contribution in [0.1, 0.15) is 25.5 Å². The molecule has 0 amide bonds. The summed E-state index contributed by atoms with van der Waals surface area (Å²) in [5, 5.41) is 4.09. The van der Waals surface area contributed by atoms with Crippen LogP contribution >= 0.6 is 0 Å². The van der Waals surface area contributed by atoms with Crippen LogP contribution in [0.2, 0.25) is 0 Å². The van der Waals surface area contributed by atoms with Crippen molar-refractivity contribution >= 4 is 21.4 Å². The lowest BCUT2D eigenvalue weighted by Crippen LogP contribution is -2.14. The quantitative estimate of drug-likeness (QED) is 0.825. The highest BCUT2D eigenvalue weighted by atomic mass is 32.2. The van der Waals surface area contributed by atoms with E-state index in [0.29, 0.717) is 16.9 Å². The summed E-state index contributed by atoms with van der Waals surface area (Å²) in [4.78, 5) is 0. The van der Waals surface area contributed by atoms with Crippen LogP contribution in [0, 0.1) is 0 Å². The van der Waals surface area contributed by atoms with Crippen molar-refractivity contribution in [1.29, 1.82) is 0 Å². The molecule has 0 spiro atoms. The summed E-state index contributed by atoms with van der Waals surface area (Å²) in [5.41, 5.74) is 7.33. The lowest BCUT2D eigenvalue weighted by Gasteiger charge is -2.07. The SMILES string of the molecule is CC(C)n1cc(NS(=O)(=O)Cc2ccc(N)cc2)cn1. The van der Waals surface area contributed by atoms with Gasteiger partial charge >= 0.3 is 0 Å². The normalized spacial score (nSPS) is 11.8. The average molecular weight is 294 g/mol. The van der Waals surface area contributed by atoms with Gasteiger partial charge in [-0.25, -0.2) is 8.42 Å². The summed E-state index contributed by atoms with van der Waals surface area (Å²) in [5.74, 6) is -0.0971. The third-order valence-electron chi connectivity index (χ3n) is 2.74. The van der Waals surface area contributed by atoms with Crippen LogP contribution in [0.15, 0.2) is 36.7 Å². The lowest BCUT2D eigenvalue weighted by atomic mass is 10.2. The van der Waals surface area contributed by atoms with Crippen LogP contribution in [0.3, 0.4) is 0 Å². The van der Waals surface area contributed by atoms with Crippen LogP contribution in [-0.2, 0) is 15.8 Å². The van der Waals surface area contributed by atoms with Crippen molar-refractivity contribution in [2.45, 2.75) is 25.6 Å². The number of nitrogen functional groups attached to an aromatic ring is 1. The third kappa shape index (κ3) is 3.74. The van der Waals surface area contributed by atoms with Crippen LogP contribution in [0.25, 0.3) is 0 Å². The van der Waals surface area contributed by atoms with Gasteiger partial charge in [-0.15, -0.1) is 0 Å². The highest BCUT2D eigenvalue weighted by molar-refractivity contribution is 7.91. The van der Waals surface area contributed by atoms with E-state index in [9.17, 15) is 8.42 Å². The fourth-order valence-electron chi connectivity index (χ4n) is 1.72. The fraction of sp³-hybridized carbons (Fsp3) is 0.308. The van der Waals surface area contributed by atoms with Gasteiger partial charge in [0.15, 0.2) is 0 Å². The molecule has 0 bridgehead atoms. The van der Waals surface area contributed by atoms with Crippen molar-refractivity contribution in [3.05, 3.63) is 42.2 Å². The first-order chi connectivity index (χ1) is 9.35. The first-order valence-corrected chi connectivity index (χ1v) is 7.90. The number of nitrogens with one attached hydrogen (secondary N) is 1. The van der Waals surface area contributed by atoms with E-state index in [1.807, 2.05) is 13.8 Å². The molecule has 3 N–H and O–H groups in total. The fourth-order valence-corrected chi connectivity index (χ4v) is 2.89. The summed E-state index contributed by atoms with van der Waals surface area (Å²) >= 11 is 0. The highest BCUT2D eigenvalue weighted by Crippen LogP contribution is 2.15. The Morgan fingerprint density at radius 2 is 1.95 bits per heavy atom. The Labute approximate surface area is 118 Å². The standard InChI is InChI=1S/C13H18N4O2S/c1-10(2)17-8-13(7-15-17)16-20(18,19)9-11-3-5-12(14)6-4-11/h3-8,10,16H,9,14H2,1-2H3. The molecule has 0 unspecified atom stereocenters. The van der Waals surface area contributed by atoms with Gasteiger partial charge in [-0.3, -0.25) is 9.40 Å². The van der Waals surface area contributed by atoms with Gasteiger partial charge in [0, 0.05) is 17.9 Å². The lowest BCUT2D eigenvalue weighted by molar-refractivity contribution is 0.532. The van der Waals surface area contributed by atoms with Crippen LogP contribution < -0.4 is 10.5 Å². The van der Waals surface area contributed by atoms with Gasteiger partial charge in [-0.1, -0.05) is 12.1 Å². The van der Waals surface area contributed by atoms with E-state index < -0.39 is 10.0 Å². The summed E-state index contributed by atoms with van der Waals surface area (Å²) in [6.45, 7) is 3.94. The third-order valence-corrected chi connectivity index (χ3v) is 4.00. The predicted octanol–water partition coefficient (Wildman–Crippen LogP) is 1.99. The van der Waals surface area contributed by atoms with E-state index in [2.05, 4.69) is 9.82 Å². The molecule has 0 saturated carbocycles. The molecule has 2 aromatic rings. The minimum absolute atomic E-state index is 0.0971. The van der Waals surface area contributed by atoms with Crippen molar-refractivity contribution in [3.8, 4) is 0 Å². The number of benzene rings is 1. The van der Waals surface area contributed by atoms with Gasteiger partial charge in [0.1, 0.15) is 0 Å². The summed E-state index contributed by atoms with van der Waals surface area (Å²) in [7, 11) is -3.46. The van der Waals surface area contributed by atoms with Crippen LogP contribution in [0.4, 0.5) is 11.4 Å². The zero-order valence-corrected chi connectivity index (χ0v) is 12.3. The zero-order chi connectivity index (χ0) is 14.8. The number of sulfonamides is 1. The molecular formula is C13H18N4O2S. The number of anilines is 2. The molecule has 20 heavy (non-hydrogen) atoms. The molecule has 0 fully saturated rings. The summed E-state index contributed by atoms with van der Waals surface area (Å²) in [6, 6.07) is 6.95. The molecule has 0 aliphatic rings. The maximum atomic E-state index is 12.1. The number of nitrogens with two attached hydrogens (primary N) is 1. The average Bonchev–Trinajstić information content (AvgIpc) is 2.79. The molecule has 6 nitrogen and oxygen atoms in total. The number of hydrogen-bond acceptors (Lipinski definition) is 4. The Morgan fingerprint density at radius 1 is 1.30 bits per heavy atom. The van der Waals surface area contributed by atoms with Gasteiger partial charge in [0.25, 0.3) is 0 Å². The minimum Gasteiger partial charge on any atom is -0.399 e. The van der Waals surface area contributed by atoms with E-state index in [0.717, 1.165) is 0 Å². The Bertz CT molecular complexity index is 675. The molecule has 2 rings (SSSR count). The smallest absolute Gasteiger partial charge is 0.237 e. The second-order valence-corrected chi connectivity index (χ2v) is 6.63. The van der Waals surface area contributed by atoms with Gasteiger partial charge in [-0.05, 0) is 31.5 Å². The van der Waals surface area contributed by atoms with Crippen molar-refractivity contribution in [2.75, 3.05) is 10.5 Å². The highest BCUT2D eigenvalue weighted by Gasteiger charge is 2.13. The van der Waals surface area contributed by atoms with Crippen molar-refractivity contribution in [1.82, 2.24) is 9.78 Å². The number of hydrogen-bond donors (Lipinski definition) is 2. The molecule has 1 heterocycles. The van der Waals surface area contributed by atoms with E-state index in [1.54, 1.807) is 35.1 Å². The monoisotopic (exact) mass is 294 g/mol. The number of nitrogens with zero attached hydrogens (tertiary/aromatic N) is 2. The molecular weight excluding hydrogens is 276 g/mol. The topological polar surface area (TPSA) is 90.0 Å². The summed E-state index contributed by atoms with van der Waals surface area (Å²) < 4.78 is 28.3. The Hall–Kier alpha value is -2.02. The maximum Gasteiger partial charge on any atom is 0.237 e. The predicted molar refractivity (Wildman–Crippen MR) is 79.7 cm³/mol. The zero-order valence-electron chi connectivity index (χ0n) is 11.4. The Kier molecular flexibility index (Phi) is 3.99.